The average Bonchev–Trinajstić information content (AvgIpc) is 3.04. The third-order valence-corrected chi connectivity index (χ3v) is 5.60. The second kappa shape index (κ2) is 7.68. The maximum absolute atomic E-state index is 12.2. The highest BCUT2D eigenvalue weighted by Crippen LogP contribution is 2.41. The number of thiophene rings is 1. The van der Waals surface area contributed by atoms with E-state index in [1.165, 1.54) is 18.4 Å². The summed E-state index contributed by atoms with van der Waals surface area (Å²) in [5.74, 6) is -0.965. The topological polar surface area (TPSA) is 67.4 Å². The number of methoxy groups -OCH3 is 1. The highest BCUT2D eigenvalue weighted by Gasteiger charge is 2.37. The molecule has 0 aromatic carbocycles. The Balaban J connectivity index is 2.33. The second-order valence-corrected chi connectivity index (χ2v) is 9.31. The van der Waals surface area contributed by atoms with Gasteiger partial charge in [0.05, 0.1) is 12.7 Å². The van der Waals surface area contributed by atoms with E-state index in [1.54, 1.807) is 13.8 Å². The number of fused-ring (bicyclic) bond motifs is 1. The molecule has 0 unspecified atom stereocenters. The summed E-state index contributed by atoms with van der Waals surface area (Å²) < 4.78 is 3.10. The van der Waals surface area contributed by atoms with Gasteiger partial charge in [0.2, 0.25) is 9.70 Å². The van der Waals surface area contributed by atoms with Crippen molar-refractivity contribution in [2.75, 3.05) is 12.4 Å². The number of esters is 1. The lowest BCUT2D eigenvalue weighted by molar-refractivity contribution is -0.124. The Hall–Kier alpha value is -0.690. The molecule has 1 heterocycles. The van der Waals surface area contributed by atoms with Crippen LogP contribution < -0.4 is 10.6 Å². The standard InChI is InChI=1S/C15H19Cl3N2O3S/c1-7(2)11(21)19-14(15(16,17)18)20-12-10(13(22)23-3)8-5-4-6-9(8)24-12/h7,14,20H,4-6H2,1-3H3,(H,19,21)/t14-/m1/s1. The molecular formula is C15H19Cl3N2O3S. The largest absolute Gasteiger partial charge is 0.465 e. The minimum absolute atomic E-state index is 0.262. The van der Waals surface area contributed by atoms with Gasteiger partial charge in [0.15, 0.2) is 0 Å². The van der Waals surface area contributed by atoms with Gasteiger partial charge in [-0.1, -0.05) is 48.7 Å². The maximum Gasteiger partial charge on any atom is 0.341 e. The van der Waals surface area contributed by atoms with Gasteiger partial charge in [0, 0.05) is 10.8 Å². The van der Waals surface area contributed by atoms with Crippen molar-refractivity contribution < 1.29 is 14.3 Å². The number of alkyl halides is 3. The first-order valence-electron chi connectivity index (χ1n) is 7.51. The fourth-order valence-electron chi connectivity index (χ4n) is 2.46. The second-order valence-electron chi connectivity index (χ2n) is 5.84. The summed E-state index contributed by atoms with van der Waals surface area (Å²) in [5, 5.41) is 6.22. The first-order chi connectivity index (χ1) is 11.1. The van der Waals surface area contributed by atoms with Crippen LogP contribution in [0.1, 0.15) is 41.1 Å². The smallest absolute Gasteiger partial charge is 0.341 e. The Labute approximate surface area is 160 Å². The van der Waals surface area contributed by atoms with Crippen LogP contribution in [0, 0.1) is 5.92 Å². The molecule has 134 valence electrons. The Morgan fingerprint density at radius 1 is 1.25 bits per heavy atom. The normalized spacial score (nSPS) is 15.1. The van der Waals surface area contributed by atoms with Gasteiger partial charge >= 0.3 is 5.97 Å². The highest BCUT2D eigenvalue weighted by molar-refractivity contribution is 7.16. The molecule has 0 spiro atoms. The lowest BCUT2D eigenvalue weighted by Gasteiger charge is -2.28. The van der Waals surface area contributed by atoms with Crippen LogP contribution in [0.15, 0.2) is 0 Å². The van der Waals surface area contributed by atoms with Crippen molar-refractivity contribution in [2.24, 2.45) is 5.92 Å². The molecule has 24 heavy (non-hydrogen) atoms. The molecule has 0 saturated heterocycles. The third kappa shape index (κ3) is 4.28. The van der Waals surface area contributed by atoms with Crippen molar-refractivity contribution in [2.45, 2.75) is 43.1 Å². The van der Waals surface area contributed by atoms with E-state index in [-0.39, 0.29) is 11.8 Å². The Morgan fingerprint density at radius 2 is 1.92 bits per heavy atom. The number of amides is 1. The monoisotopic (exact) mass is 412 g/mol. The van der Waals surface area contributed by atoms with Gasteiger partial charge in [-0.15, -0.1) is 11.3 Å². The summed E-state index contributed by atoms with van der Waals surface area (Å²) >= 11 is 19.4. The van der Waals surface area contributed by atoms with Gasteiger partial charge in [-0.3, -0.25) is 4.79 Å². The van der Waals surface area contributed by atoms with Crippen LogP contribution in [-0.4, -0.2) is 28.9 Å². The minimum Gasteiger partial charge on any atom is -0.465 e. The molecule has 0 aliphatic heterocycles. The molecular weight excluding hydrogens is 395 g/mol. The molecule has 9 heteroatoms. The van der Waals surface area contributed by atoms with Crippen LogP contribution in [0.4, 0.5) is 5.00 Å². The number of aryl methyl sites for hydroxylation is 1. The van der Waals surface area contributed by atoms with Gasteiger partial charge in [-0.25, -0.2) is 4.79 Å². The molecule has 2 rings (SSSR count). The molecule has 1 aromatic rings. The van der Waals surface area contributed by atoms with Gasteiger partial charge in [0.25, 0.3) is 0 Å². The van der Waals surface area contributed by atoms with E-state index in [1.807, 2.05) is 0 Å². The van der Waals surface area contributed by atoms with Crippen LogP contribution >= 0.6 is 46.1 Å². The number of carbonyl (C=O) groups is 2. The summed E-state index contributed by atoms with van der Waals surface area (Å²) in [6.07, 6.45) is 1.75. The molecule has 0 bridgehead atoms. The van der Waals surface area contributed by atoms with E-state index >= 15 is 0 Å². The first kappa shape index (κ1) is 19.6. The SMILES string of the molecule is COC(=O)c1c(N[C@@H](NC(=O)C(C)C)C(Cl)(Cl)Cl)sc2c1CCC2. The fraction of sp³-hybridized carbons (Fsp3) is 0.600. The van der Waals surface area contributed by atoms with Gasteiger partial charge in [0.1, 0.15) is 11.2 Å². The van der Waals surface area contributed by atoms with Crippen molar-refractivity contribution in [3.05, 3.63) is 16.0 Å². The van der Waals surface area contributed by atoms with E-state index in [2.05, 4.69) is 10.6 Å². The zero-order valence-electron chi connectivity index (χ0n) is 13.5. The lowest BCUT2D eigenvalue weighted by Crippen LogP contribution is -2.50. The van der Waals surface area contributed by atoms with Crippen LogP contribution in [0.3, 0.4) is 0 Å². The molecule has 1 atom stereocenters. The van der Waals surface area contributed by atoms with E-state index in [0.717, 1.165) is 29.7 Å². The quantitative estimate of drug-likeness (QED) is 0.436. The van der Waals surface area contributed by atoms with Gasteiger partial charge in [-0.05, 0) is 24.8 Å². The maximum atomic E-state index is 12.2. The molecule has 0 fully saturated rings. The van der Waals surface area contributed by atoms with E-state index in [0.29, 0.717) is 10.6 Å². The Morgan fingerprint density at radius 3 is 2.46 bits per heavy atom. The van der Waals surface area contributed by atoms with E-state index in [4.69, 9.17) is 39.5 Å². The predicted octanol–water partition coefficient (Wildman–Crippen LogP) is 3.90. The molecule has 2 N–H and O–H groups in total. The number of ether oxygens (including phenoxy) is 1. The van der Waals surface area contributed by atoms with Crippen molar-refractivity contribution in [3.8, 4) is 0 Å². The summed E-state index contributed by atoms with van der Waals surface area (Å²) in [5.41, 5.74) is 1.45. The fourth-order valence-corrected chi connectivity index (χ4v) is 4.10. The summed E-state index contributed by atoms with van der Waals surface area (Å²) in [4.78, 5) is 25.3. The third-order valence-electron chi connectivity index (χ3n) is 3.72. The van der Waals surface area contributed by atoms with Crippen LogP contribution in [0.2, 0.25) is 0 Å². The predicted molar refractivity (Wildman–Crippen MR) is 98.4 cm³/mol. The number of nitrogens with one attached hydrogen (secondary N) is 2. The lowest BCUT2D eigenvalue weighted by atomic mass is 10.1. The van der Waals surface area contributed by atoms with Crippen molar-refractivity contribution in [1.29, 1.82) is 0 Å². The summed E-state index contributed by atoms with van der Waals surface area (Å²) in [7, 11) is 1.33. The summed E-state index contributed by atoms with van der Waals surface area (Å²) in [6, 6.07) is 0. The number of halogens is 3. The van der Waals surface area contributed by atoms with E-state index < -0.39 is 15.9 Å². The number of hydrogen-bond donors (Lipinski definition) is 2. The first-order valence-corrected chi connectivity index (χ1v) is 9.46. The van der Waals surface area contributed by atoms with E-state index in [9.17, 15) is 9.59 Å². The number of rotatable bonds is 5. The van der Waals surface area contributed by atoms with Crippen molar-refractivity contribution >= 4 is 63.0 Å². The minimum atomic E-state index is -1.79. The molecule has 1 aromatic heterocycles. The number of hydrogen-bond acceptors (Lipinski definition) is 5. The zero-order valence-corrected chi connectivity index (χ0v) is 16.6. The number of carbonyl (C=O) groups excluding carboxylic acids is 2. The molecule has 1 amide bonds. The van der Waals surface area contributed by atoms with Crippen LogP contribution in [0.5, 0.6) is 0 Å². The molecule has 0 saturated carbocycles. The summed E-state index contributed by atoms with van der Waals surface area (Å²) in [6.45, 7) is 3.48. The average molecular weight is 414 g/mol. The number of anilines is 1. The Bertz CT molecular complexity index is 641. The van der Waals surface area contributed by atoms with Crippen molar-refractivity contribution in [3.63, 3.8) is 0 Å². The van der Waals surface area contributed by atoms with Gasteiger partial charge in [-0.2, -0.15) is 0 Å². The van der Waals surface area contributed by atoms with Crippen LogP contribution in [-0.2, 0) is 22.4 Å². The molecule has 1 aliphatic carbocycles. The zero-order chi connectivity index (χ0) is 18.1. The van der Waals surface area contributed by atoms with Crippen molar-refractivity contribution in [1.82, 2.24) is 5.32 Å². The highest BCUT2D eigenvalue weighted by atomic mass is 35.6. The van der Waals surface area contributed by atoms with Crippen LogP contribution in [0.25, 0.3) is 0 Å². The molecule has 0 radical (unpaired) electrons. The van der Waals surface area contributed by atoms with Gasteiger partial charge < -0.3 is 15.4 Å². The Kier molecular flexibility index (Phi) is 6.29. The molecule has 1 aliphatic rings. The molecule has 5 nitrogen and oxygen atoms in total.